The zero-order valence-corrected chi connectivity index (χ0v) is 11.8. The molecule has 1 aliphatic heterocycles. The van der Waals surface area contributed by atoms with Crippen LogP contribution in [0.3, 0.4) is 0 Å². The van der Waals surface area contributed by atoms with Crippen LogP contribution in [0.2, 0.25) is 0 Å². The van der Waals surface area contributed by atoms with E-state index in [9.17, 15) is 20.2 Å². The van der Waals surface area contributed by atoms with Crippen molar-refractivity contribution in [2.45, 2.75) is 69.1 Å². The summed E-state index contributed by atoms with van der Waals surface area (Å²) >= 11 is 0. The summed E-state index contributed by atoms with van der Waals surface area (Å²) in [6.45, 7) is 0. The molecule has 3 atom stereocenters. The van der Waals surface area contributed by atoms with Crippen molar-refractivity contribution in [2.75, 3.05) is 0 Å². The Morgan fingerprint density at radius 3 is 2.19 bits per heavy atom. The summed E-state index contributed by atoms with van der Waals surface area (Å²) in [7, 11) is 0. The van der Waals surface area contributed by atoms with Gasteiger partial charge in [-0.1, -0.05) is 0 Å². The van der Waals surface area contributed by atoms with Crippen molar-refractivity contribution in [3.8, 4) is 0 Å². The summed E-state index contributed by atoms with van der Waals surface area (Å²) in [6.07, 6.45) is 4.67. The van der Waals surface area contributed by atoms with E-state index in [1.807, 2.05) is 0 Å². The molecule has 2 aliphatic carbocycles. The minimum atomic E-state index is -0.460. The molecule has 3 rings (SSSR count). The predicted octanol–water partition coefficient (Wildman–Crippen LogP) is 1.39. The Labute approximate surface area is 122 Å². The van der Waals surface area contributed by atoms with Gasteiger partial charge < -0.3 is 5.32 Å². The van der Waals surface area contributed by atoms with Gasteiger partial charge in [0, 0.05) is 41.4 Å². The topological polar surface area (TPSA) is 111 Å². The molecule has 2 fully saturated rings. The molecule has 0 aromatic rings. The lowest BCUT2D eigenvalue weighted by Gasteiger charge is -2.27. The number of fused-ring (bicyclic) bond motifs is 1. The minimum absolute atomic E-state index is 0.0809. The molecule has 2 saturated carbocycles. The van der Waals surface area contributed by atoms with Crippen LogP contribution in [0, 0.1) is 26.1 Å². The summed E-state index contributed by atoms with van der Waals surface area (Å²) in [5.41, 5.74) is 0. The Bertz CT molecular complexity index is 473. The molecule has 0 amide bonds. The van der Waals surface area contributed by atoms with Crippen molar-refractivity contribution in [3.05, 3.63) is 20.2 Å². The second-order valence-corrected chi connectivity index (χ2v) is 6.38. The first kappa shape index (κ1) is 14.2. The van der Waals surface area contributed by atoms with Gasteiger partial charge in [0.25, 0.3) is 0 Å². The second-order valence-electron chi connectivity index (χ2n) is 6.38. The number of aliphatic imine (C=N–C) groups is 1. The van der Waals surface area contributed by atoms with E-state index < -0.39 is 12.1 Å². The molecule has 116 valence electrons. The predicted molar refractivity (Wildman–Crippen MR) is 75.5 cm³/mol. The molecule has 0 aromatic heterocycles. The number of rotatable bonds is 3. The molecule has 1 N–H and O–H groups in total. The van der Waals surface area contributed by atoms with E-state index in [1.54, 1.807) is 0 Å². The van der Waals surface area contributed by atoms with Gasteiger partial charge in [0.15, 0.2) is 0 Å². The first-order valence-electron chi connectivity index (χ1n) is 7.66. The monoisotopic (exact) mass is 296 g/mol. The SMILES string of the molecule is O=[N+]([O-])C1CCC(C2=NC3CCC([N+](=O)[O-])CC3N2)CC1. The van der Waals surface area contributed by atoms with Crippen LogP contribution >= 0.6 is 0 Å². The lowest BCUT2D eigenvalue weighted by molar-refractivity contribution is -0.526. The van der Waals surface area contributed by atoms with E-state index in [2.05, 4.69) is 5.32 Å². The van der Waals surface area contributed by atoms with Crippen LogP contribution in [-0.2, 0) is 0 Å². The third-order valence-corrected chi connectivity index (χ3v) is 5.10. The van der Waals surface area contributed by atoms with Gasteiger partial charge in [-0.3, -0.25) is 25.2 Å². The van der Waals surface area contributed by atoms with Crippen molar-refractivity contribution in [3.63, 3.8) is 0 Å². The van der Waals surface area contributed by atoms with Gasteiger partial charge in [0.2, 0.25) is 12.1 Å². The fourth-order valence-corrected chi connectivity index (χ4v) is 3.82. The molecule has 0 saturated heterocycles. The average molecular weight is 296 g/mol. The summed E-state index contributed by atoms with van der Waals surface area (Å²) in [4.78, 5) is 26.0. The number of hydrogen-bond acceptors (Lipinski definition) is 6. The number of nitrogens with zero attached hydrogens (tertiary/aromatic N) is 3. The molecule has 8 heteroatoms. The summed E-state index contributed by atoms with van der Waals surface area (Å²) in [5.74, 6) is 1.21. The highest BCUT2D eigenvalue weighted by Crippen LogP contribution is 2.32. The summed E-state index contributed by atoms with van der Waals surface area (Å²) in [5, 5.41) is 25.1. The number of hydrogen-bond donors (Lipinski definition) is 1. The Hall–Kier alpha value is -1.73. The molecular weight excluding hydrogens is 276 g/mol. The smallest absolute Gasteiger partial charge is 0.215 e. The molecule has 0 spiro atoms. The lowest BCUT2D eigenvalue weighted by atomic mass is 9.85. The van der Waals surface area contributed by atoms with E-state index in [0.717, 1.165) is 25.1 Å². The van der Waals surface area contributed by atoms with Crippen molar-refractivity contribution in [1.29, 1.82) is 0 Å². The van der Waals surface area contributed by atoms with Crippen molar-refractivity contribution >= 4 is 5.84 Å². The first-order chi connectivity index (χ1) is 10.0. The summed E-state index contributed by atoms with van der Waals surface area (Å²) < 4.78 is 0. The highest BCUT2D eigenvalue weighted by atomic mass is 16.6. The Morgan fingerprint density at radius 2 is 1.57 bits per heavy atom. The Morgan fingerprint density at radius 1 is 0.952 bits per heavy atom. The maximum Gasteiger partial charge on any atom is 0.215 e. The van der Waals surface area contributed by atoms with Crippen LogP contribution in [0.25, 0.3) is 0 Å². The van der Waals surface area contributed by atoms with E-state index >= 15 is 0 Å². The third kappa shape index (κ3) is 2.84. The molecule has 3 aliphatic rings. The van der Waals surface area contributed by atoms with Gasteiger partial charge in [-0.2, -0.15) is 0 Å². The van der Waals surface area contributed by atoms with Crippen LogP contribution in [0.4, 0.5) is 0 Å². The standard InChI is InChI=1S/C13H20N4O4/c18-16(19)9-3-1-8(2-4-9)13-14-11-6-5-10(17(20)21)7-12(11)15-13/h8-12H,1-7H2,(H,14,15). The van der Waals surface area contributed by atoms with Crippen molar-refractivity contribution < 1.29 is 9.85 Å². The van der Waals surface area contributed by atoms with Gasteiger partial charge in [-0.15, -0.1) is 0 Å². The average Bonchev–Trinajstić information content (AvgIpc) is 2.90. The number of amidine groups is 1. The summed E-state index contributed by atoms with van der Waals surface area (Å²) in [6, 6.07) is -0.634. The van der Waals surface area contributed by atoms with Crippen LogP contribution in [0.5, 0.6) is 0 Å². The van der Waals surface area contributed by atoms with Crippen LogP contribution < -0.4 is 5.32 Å². The molecule has 1 heterocycles. The van der Waals surface area contributed by atoms with Crippen molar-refractivity contribution in [1.82, 2.24) is 5.32 Å². The molecule has 0 bridgehead atoms. The number of nitro groups is 2. The van der Waals surface area contributed by atoms with Crippen molar-refractivity contribution in [2.24, 2.45) is 10.9 Å². The lowest BCUT2D eigenvalue weighted by Crippen LogP contribution is -2.45. The third-order valence-electron chi connectivity index (χ3n) is 5.10. The van der Waals surface area contributed by atoms with Crippen LogP contribution in [0.15, 0.2) is 4.99 Å². The van der Waals surface area contributed by atoms with Crippen LogP contribution in [0.1, 0.15) is 44.9 Å². The largest absolute Gasteiger partial charge is 0.368 e. The maximum absolute atomic E-state index is 10.9. The second kappa shape index (κ2) is 5.57. The quantitative estimate of drug-likeness (QED) is 0.625. The molecule has 0 aromatic carbocycles. The molecule has 3 unspecified atom stereocenters. The van der Waals surface area contributed by atoms with Gasteiger partial charge >= 0.3 is 0 Å². The zero-order chi connectivity index (χ0) is 15.0. The van der Waals surface area contributed by atoms with Gasteiger partial charge in [-0.05, 0) is 19.3 Å². The molecule has 8 nitrogen and oxygen atoms in total. The zero-order valence-electron chi connectivity index (χ0n) is 11.8. The molecular formula is C13H20N4O4. The first-order valence-corrected chi connectivity index (χ1v) is 7.66. The number of nitrogens with one attached hydrogen (secondary N) is 1. The van der Waals surface area contributed by atoms with Gasteiger partial charge in [-0.25, -0.2) is 0 Å². The van der Waals surface area contributed by atoms with Gasteiger partial charge in [0.1, 0.15) is 5.84 Å². The fraction of sp³-hybridized carbons (Fsp3) is 0.923. The van der Waals surface area contributed by atoms with Crippen LogP contribution in [-0.4, -0.2) is 39.8 Å². The Kier molecular flexibility index (Phi) is 3.77. The highest BCUT2D eigenvalue weighted by molar-refractivity contribution is 5.87. The van der Waals surface area contributed by atoms with Gasteiger partial charge in [0.05, 0.1) is 12.1 Å². The molecule has 21 heavy (non-hydrogen) atoms. The molecule has 0 radical (unpaired) electrons. The fourth-order valence-electron chi connectivity index (χ4n) is 3.82. The normalized spacial score (nSPS) is 39.0. The highest BCUT2D eigenvalue weighted by Gasteiger charge is 2.42. The Balaban J connectivity index is 1.57. The maximum atomic E-state index is 10.9. The van der Waals surface area contributed by atoms with E-state index in [4.69, 9.17) is 4.99 Å². The van der Waals surface area contributed by atoms with E-state index in [0.29, 0.717) is 25.7 Å². The van der Waals surface area contributed by atoms with E-state index in [-0.39, 0.29) is 27.8 Å². The van der Waals surface area contributed by atoms with E-state index in [1.165, 1.54) is 0 Å². The minimum Gasteiger partial charge on any atom is -0.368 e.